The molecule has 0 saturated heterocycles. The number of benzene rings is 1. The zero-order valence-corrected chi connectivity index (χ0v) is 9.27. The molecule has 0 bridgehead atoms. The largest absolute Gasteiger partial charge is 0.506 e. The van der Waals surface area contributed by atoms with Crippen molar-refractivity contribution in [2.75, 3.05) is 0 Å². The first-order valence-corrected chi connectivity index (χ1v) is 4.78. The van der Waals surface area contributed by atoms with Crippen molar-refractivity contribution in [2.45, 2.75) is 25.8 Å². The Morgan fingerprint density at radius 3 is 2.47 bits per heavy atom. The highest BCUT2D eigenvalue weighted by Crippen LogP contribution is 2.36. The molecule has 0 heterocycles. The lowest BCUT2D eigenvalue weighted by Crippen LogP contribution is -2.34. The van der Waals surface area contributed by atoms with Gasteiger partial charge < -0.3 is 15.9 Å². The Balaban J connectivity index is 3.27. The Morgan fingerprint density at radius 2 is 2.00 bits per heavy atom. The van der Waals surface area contributed by atoms with Gasteiger partial charge >= 0.3 is 0 Å². The molecular weight excluding hydrogens is 221 g/mol. The third-order valence-electron chi connectivity index (χ3n) is 1.90. The van der Waals surface area contributed by atoms with Gasteiger partial charge in [0.2, 0.25) is 0 Å². The molecule has 0 aliphatic carbocycles. The van der Waals surface area contributed by atoms with E-state index in [-0.39, 0.29) is 22.8 Å². The van der Waals surface area contributed by atoms with E-state index in [9.17, 15) is 14.6 Å². The summed E-state index contributed by atoms with van der Waals surface area (Å²) in [6.45, 7) is 3.37. The predicted octanol–water partition coefficient (Wildman–Crippen LogP) is 2.17. The van der Waals surface area contributed by atoms with Gasteiger partial charge in [-0.3, -0.25) is 0 Å². The predicted molar refractivity (Wildman–Crippen MR) is 56.7 cm³/mol. The molecule has 0 atom stereocenters. The molecule has 0 aliphatic rings. The second kappa shape index (κ2) is 3.87. The van der Waals surface area contributed by atoms with E-state index < -0.39 is 17.1 Å². The Bertz CT molecular complexity index is 362. The second-order valence-corrected chi connectivity index (χ2v) is 4.59. The number of aromatic hydroxyl groups is 2. The summed E-state index contributed by atoms with van der Waals surface area (Å²) in [5.74, 6) is -1.84. The standard InChI is InChI=1S/C10H13ClFNO2/c1-10(2,13)4-5-8(12)7(14)3-6(11)9(5)15/h3,14-15H,4,13H2,1-2H3. The van der Waals surface area contributed by atoms with Gasteiger partial charge in [-0.1, -0.05) is 11.6 Å². The molecule has 0 spiro atoms. The van der Waals surface area contributed by atoms with Gasteiger partial charge in [-0.15, -0.1) is 0 Å². The quantitative estimate of drug-likeness (QED) is 0.686. The summed E-state index contributed by atoms with van der Waals surface area (Å²) < 4.78 is 13.4. The monoisotopic (exact) mass is 233 g/mol. The van der Waals surface area contributed by atoms with Crippen LogP contribution in [0.25, 0.3) is 0 Å². The van der Waals surface area contributed by atoms with Crippen molar-refractivity contribution < 1.29 is 14.6 Å². The smallest absolute Gasteiger partial charge is 0.171 e. The van der Waals surface area contributed by atoms with E-state index in [0.29, 0.717) is 0 Å². The fourth-order valence-electron chi connectivity index (χ4n) is 1.27. The van der Waals surface area contributed by atoms with Gasteiger partial charge in [0.1, 0.15) is 5.75 Å². The van der Waals surface area contributed by atoms with Crippen LogP contribution in [-0.2, 0) is 6.42 Å². The number of phenols is 2. The Labute approximate surface area is 92.3 Å². The van der Waals surface area contributed by atoms with E-state index in [0.717, 1.165) is 6.07 Å². The van der Waals surface area contributed by atoms with Crippen molar-refractivity contribution in [3.8, 4) is 11.5 Å². The van der Waals surface area contributed by atoms with E-state index in [2.05, 4.69) is 0 Å². The van der Waals surface area contributed by atoms with Gasteiger partial charge in [0.15, 0.2) is 11.6 Å². The lowest BCUT2D eigenvalue weighted by molar-refractivity contribution is 0.401. The van der Waals surface area contributed by atoms with Gasteiger partial charge in [-0.25, -0.2) is 4.39 Å². The first-order chi connectivity index (χ1) is 6.72. The zero-order chi connectivity index (χ0) is 11.8. The van der Waals surface area contributed by atoms with E-state index in [4.69, 9.17) is 17.3 Å². The minimum atomic E-state index is -0.879. The van der Waals surface area contributed by atoms with E-state index >= 15 is 0 Å². The fraction of sp³-hybridized carbons (Fsp3) is 0.400. The molecule has 4 N–H and O–H groups in total. The minimum Gasteiger partial charge on any atom is -0.506 e. The molecular formula is C10H13ClFNO2. The highest BCUT2D eigenvalue weighted by Gasteiger charge is 2.22. The van der Waals surface area contributed by atoms with Gasteiger partial charge in [-0.2, -0.15) is 0 Å². The van der Waals surface area contributed by atoms with E-state index in [1.807, 2.05) is 0 Å². The first-order valence-electron chi connectivity index (χ1n) is 4.40. The molecule has 3 nitrogen and oxygen atoms in total. The topological polar surface area (TPSA) is 66.5 Å². The molecule has 15 heavy (non-hydrogen) atoms. The molecule has 0 fully saturated rings. The van der Waals surface area contributed by atoms with Crippen LogP contribution in [0.5, 0.6) is 11.5 Å². The second-order valence-electron chi connectivity index (χ2n) is 4.18. The highest BCUT2D eigenvalue weighted by atomic mass is 35.5. The molecule has 1 aromatic rings. The van der Waals surface area contributed by atoms with Gasteiger partial charge in [0.25, 0.3) is 0 Å². The summed E-state index contributed by atoms with van der Waals surface area (Å²) in [5.41, 5.74) is 4.94. The number of halogens is 2. The van der Waals surface area contributed by atoms with Crippen molar-refractivity contribution >= 4 is 11.6 Å². The van der Waals surface area contributed by atoms with Crippen LogP contribution >= 0.6 is 11.6 Å². The van der Waals surface area contributed by atoms with Crippen molar-refractivity contribution in [3.05, 3.63) is 22.5 Å². The third-order valence-corrected chi connectivity index (χ3v) is 2.19. The summed E-state index contributed by atoms with van der Waals surface area (Å²) in [5, 5.41) is 18.6. The summed E-state index contributed by atoms with van der Waals surface area (Å²) >= 11 is 5.60. The maximum atomic E-state index is 13.4. The third kappa shape index (κ3) is 2.73. The van der Waals surface area contributed by atoms with Crippen LogP contribution in [0.15, 0.2) is 6.07 Å². The number of phenolic OH excluding ortho intramolecular Hbond substituents is 2. The normalized spacial score (nSPS) is 11.8. The molecule has 0 unspecified atom stereocenters. The van der Waals surface area contributed by atoms with Crippen LogP contribution in [0.2, 0.25) is 5.02 Å². The molecule has 0 aromatic heterocycles. The molecule has 84 valence electrons. The maximum absolute atomic E-state index is 13.4. The van der Waals surface area contributed by atoms with Crippen LogP contribution in [0.3, 0.4) is 0 Å². The Kier molecular flexibility index (Phi) is 3.11. The molecule has 0 aliphatic heterocycles. The summed E-state index contributed by atoms with van der Waals surface area (Å²) in [6.07, 6.45) is 0.0821. The Hall–Kier alpha value is -1.00. The van der Waals surface area contributed by atoms with E-state index in [1.54, 1.807) is 13.8 Å². The van der Waals surface area contributed by atoms with Crippen molar-refractivity contribution in [2.24, 2.45) is 5.73 Å². The lowest BCUT2D eigenvalue weighted by atomic mass is 9.95. The number of hydrogen-bond acceptors (Lipinski definition) is 3. The van der Waals surface area contributed by atoms with Crippen molar-refractivity contribution in [3.63, 3.8) is 0 Å². The SMILES string of the molecule is CC(C)(N)Cc1c(O)c(Cl)cc(O)c1F. The fourth-order valence-corrected chi connectivity index (χ4v) is 1.49. The summed E-state index contributed by atoms with van der Waals surface area (Å²) in [4.78, 5) is 0. The van der Waals surface area contributed by atoms with Crippen LogP contribution in [0, 0.1) is 5.82 Å². The van der Waals surface area contributed by atoms with Crippen molar-refractivity contribution in [1.82, 2.24) is 0 Å². The minimum absolute atomic E-state index is 0.0625. The molecule has 5 heteroatoms. The average Bonchev–Trinajstić information content (AvgIpc) is 2.08. The van der Waals surface area contributed by atoms with E-state index in [1.165, 1.54) is 0 Å². The summed E-state index contributed by atoms with van der Waals surface area (Å²) in [7, 11) is 0. The highest BCUT2D eigenvalue weighted by molar-refractivity contribution is 6.32. The number of nitrogens with two attached hydrogens (primary N) is 1. The van der Waals surface area contributed by atoms with Crippen LogP contribution in [-0.4, -0.2) is 15.8 Å². The number of hydrogen-bond donors (Lipinski definition) is 3. The van der Waals surface area contributed by atoms with Gasteiger partial charge in [-0.05, 0) is 20.3 Å². The number of rotatable bonds is 2. The summed E-state index contributed by atoms with van der Waals surface area (Å²) in [6, 6.07) is 0.958. The molecule has 0 radical (unpaired) electrons. The van der Waals surface area contributed by atoms with Crippen LogP contribution in [0.4, 0.5) is 4.39 Å². The Morgan fingerprint density at radius 1 is 1.47 bits per heavy atom. The van der Waals surface area contributed by atoms with Crippen molar-refractivity contribution in [1.29, 1.82) is 0 Å². The lowest BCUT2D eigenvalue weighted by Gasteiger charge is -2.20. The van der Waals surface area contributed by atoms with Crippen LogP contribution < -0.4 is 5.73 Å². The van der Waals surface area contributed by atoms with Gasteiger partial charge in [0.05, 0.1) is 5.02 Å². The van der Waals surface area contributed by atoms with Crippen LogP contribution in [0.1, 0.15) is 19.4 Å². The first kappa shape index (κ1) is 12.1. The molecule has 0 amide bonds. The molecule has 0 saturated carbocycles. The zero-order valence-electron chi connectivity index (χ0n) is 8.51. The molecule has 1 aromatic carbocycles. The average molecular weight is 234 g/mol. The molecule has 1 rings (SSSR count). The van der Waals surface area contributed by atoms with Gasteiger partial charge in [0, 0.05) is 17.2 Å². The maximum Gasteiger partial charge on any atom is 0.171 e.